The van der Waals surface area contributed by atoms with Gasteiger partial charge in [0, 0.05) is 6.20 Å². The Morgan fingerprint density at radius 2 is 1.94 bits per heavy atom. The third-order valence-corrected chi connectivity index (χ3v) is 2.39. The number of primary amides is 1. The van der Waals surface area contributed by atoms with Crippen molar-refractivity contribution in [2.75, 3.05) is 0 Å². The summed E-state index contributed by atoms with van der Waals surface area (Å²) in [4.78, 5) is 14.9. The average molecular weight is 242 g/mol. The van der Waals surface area contributed by atoms with E-state index in [1.807, 2.05) is 42.5 Å². The first kappa shape index (κ1) is 12.1. The number of benzene rings is 1. The van der Waals surface area contributed by atoms with Crippen molar-refractivity contribution in [2.45, 2.75) is 13.0 Å². The maximum Gasteiger partial charge on any atom is 0.221 e. The van der Waals surface area contributed by atoms with Crippen LogP contribution in [0.15, 0.2) is 48.7 Å². The third-order valence-electron chi connectivity index (χ3n) is 2.39. The first-order valence-electron chi connectivity index (χ1n) is 5.64. The molecule has 4 heteroatoms. The molecule has 0 saturated carbocycles. The van der Waals surface area contributed by atoms with Crippen molar-refractivity contribution in [3.05, 3.63) is 59.9 Å². The molecule has 0 saturated heterocycles. The molecule has 1 aromatic heterocycles. The Morgan fingerprint density at radius 3 is 2.56 bits per heavy atom. The van der Waals surface area contributed by atoms with Gasteiger partial charge in [0.05, 0.1) is 12.1 Å². The number of rotatable bonds is 5. The molecule has 18 heavy (non-hydrogen) atoms. The van der Waals surface area contributed by atoms with Crippen LogP contribution in [0.1, 0.15) is 11.3 Å². The summed E-state index contributed by atoms with van der Waals surface area (Å²) in [5.41, 5.74) is 6.73. The topological polar surface area (TPSA) is 65.2 Å². The zero-order valence-electron chi connectivity index (χ0n) is 9.87. The predicted octanol–water partition coefficient (Wildman–Crippen LogP) is 1.69. The number of carbonyl (C=O) groups excluding carboxylic acids is 1. The number of ether oxygens (including phenoxy) is 1. The van der Waals surface area contributed by atoms with Gasteiger partial charge in [-0.1, -0.05) is 24.3 Å². The maximum atomic E-state index is 10.7. The largest absolute Gasteiger partial charge is 0.487 e. The van der Waals surface area contributed by atoms with Crippen molar-refractivity contribution in [3.63, 3.8) is 0 Å². The number of nitrogens with zero attached hydrogens (tertiary/aromatic N) is 1. The van der Waals surface area contributed by atoms with Gasteiger partial charge in [0.1, 0.15) is 12.4 Å². The number of hydrogen-bond acceptors (Lipinski definition) is 3. The highest BCUT2D eigenvalue weighted by Gasteiger charge is 2.00. The van der Waals surface area contributed by atoms with Gasteiger partial charge in [0.25, 0.3) is 0 Å². The van der Waals surface area contributed by atoms with Gasteiger partial charge in [0.2, 0.25) is 5.91 Å². The second-order valence-corrected chi connectivity index (χ2v) is 3.90. The minimum atomic E-state index is -0.356. The van der Waals surface area contributed by atoms with E-state index < -0.39 is 0 Å². The molecule has 0 fully saturated rings. The van der Waals surface area contributed by atoms with E-state index in [9.17, 15) is 4.79 Å². The molecule has 1 aromatic carbocycles. The zero-order chi connectivity index (χ0) is 12.8. The van der Waals surface area contributed by atoms with Crippen LogP contribution in [0.25, 0.3) is 0 Å². The van der Waals surface area contributed by atoms with Gasteiger partial charge < -0.3 is 10.5 Å². The quantitative estimate of drug-likeness (QED) is 0.867. The van der Waals surface area contributed by atoms with Crippen LogP contribution in [-0.2, 0) is 17.8 Å². The number of aromatic nitrogens is 1. The van der Waals surface area contributed by atoms with Gasteiger partial charge in [-0.2, -0.15) is 0 Å². The Balaban J connectivity index is 1.92. The fourth-order valence-corrected chi connectivity index (χ4v) is 1.52. The van der Waals surface area contributed by atoms with E-state index >= 15 is 0 Å². The molecule has 2 aromatic rings. The molecule has 1 heterocycles. The summed E-state index contributed by atoms with van der Waals surface area (Å²) >= 11 is 0. The summed E-state index contributed by atoms with van der Waals surface area (Å²) in [6, 6.07) is 13.2. The van der Waals surface area contributed by atoms with E-state index in [4.69, 9.17) is 10.5 Å². The Kier molecular flexibility index (Phi) is 3.91. The summed E-state index contributed by atoms with van der Waals surface area (Å²) in [6.07, 6.45) is 1.86. The van der Waals surface area contributed by atoms with Gasteiger partial charge in [-0.25, -0.2) is 0 Å². The van der Waals surface area contributed by atoms with Crippen LogP contribution in [-0.4, -0.2) is 10.9 Å². The van der Waals surface area contributed by atoms with E-state index in [0.717, 1.165) is 17.0 Å². The number of amides is 1. The number of hydrogen-bond donors (Lipinski definition) is 1. The molecule has 0 unspecified atom stereocenters. The molecule has 0 aliphatic heterocycles. The smallest absolute Gasteiger partial charge is 0.221 e. The van der Waals surface area contributed by atoms with Crippen molar-refractivity contribution in [2.24, 2.45) is 5.73 Å². The molecule has 0 bridgehead atoms. The summed E-state index contributed by atoms with van der Waals surface area (Å²) in [5.74, 6) is 0.450. The molecular weight excluding hydrogens is 228 g/mol. The van der Waals surface area contributed by atoms with Crippen molar-refractivity contribution < 1.29 is 9.53 Å². The zero-order valence-corrected chi connectivity index (χ0v) is 9.87. The Morgan fingerprint density at radius 1 is 1.17 bits per heavy atom. The van der Waals surface area contributed by atoms with Crippen molar-refractivity contribution in [1.29, 1.82) is 0 Å². The van der Waals surface area contributed by atoms with Crippen LogP contribution in [0, 0.1) is 0 Å². The Hall–Kier alpha value is -2.36. The number of pyridine rings is 1. The second kappa shape index (κ2) is 5.82. The monoisotopic (exact) mass is 242 g/mol. The lowest BCUT2D eigenvalue weighted by Crippen LogP contribution is -2.13. The van der Waals surface area contributed by atoms with Gasteiger partial charge >= 0.3 is 0 Å². The highest BCUT2D eigenvalue weighted by molar-refractivity contribution is 5.76. The molecule has 0 aliphatic rings. The lowest BCUT2D eigenvalue weighted by molar-refractivity contribution is -0.117. The highest BCUT2D eigenvalue weighted by atomic mass is 16.5. The van der Waals surface area contributed by atoms with Crippen molar-refractivity contribution >= 4 is 5.91 Å². The summed E-state index contributed by atoms with van der Waals surface area (Å²) in [6.45, 7) is 0.404. The fourth-order valence-electron chi connectivity index (χ4n) is 1.52. The van der Waals surface area contributed by atoms with Crippen LogP contribution in [0.2, 0.25) is 0 Å². The lowest BCUT2D eigenvalue weighted by atomic mass is 10.2. The minimum Gasteiger partial charge on any atom is -0.487 e. The summed E-state index contributed by atoms with van der Waals surface area (Å²) < 4.78 is 5.56. The molecule has 0 aliphatic carbocycles. The molecule has 2 N–H and O–H groups in total. The van der Waals surface area contributed by atoms with Gasteiger partial charge in [-0.15, -0.1) is 0 Å². The van der Waals surface area contributed by atoms with E-state index in [1.54, 1.807) is 6.20 Å². The fraction of sp³-hybridized carbons (Fsp3) is 0.143. The number of para-hydroxylation sites is 1. The van der Waals surface area contributed by atoms with Crippen molar-refractivity contribution in [1.82, 2.24) is 4.98 Å². The summed E-state index contributed by atoms with van der Waals surface area (Å²) in [7, 11) is 0. The number of nitrogens with two attached hydrogens (primary N) is 1. The first-order valence-corrected chi connectivity index (χ1v) is 5.64. The predicted molar refractivity (Wildman–Crippen MR) is 67.9 cm³/mol. The van der Waals surface area contributed by atoms with E-state index in [0.29, 0.717) is 6.61 Å². The van der Waals surface area contributed by atoms with E-state index in [2.05, 4.69) is 4.98 Å². The second-order valence-electron chi connectivity index (χ2n) is 3.90. The third kappa shape index (κ3) is 3.59. The van der Waals surface area contributed by atoms with Crippen LogP contribution < -0.4 is 10.5 Å². The lowest BCUT2D eigenvalue weighted by Gasteiger charge is -2.05. The van der Waals surface area contributed by atoms with E-state index in [-0.39, 0.29) is 12.3 Å². The SMILES string of the molecule is NC(=O)Cc1ccc(COc2ccccc2)nc1. The van der Waals surface area contributed by atoms with Crippen LogP contribution >= 0.6 is 0 Å². The van der Waals surface area contributed by atoms with Gasteiger partial charge in [-0.3, -0.25) is 9.78 Å². The van der Waals surface area contributed by atoms with Gasteiger partial charge in [0.15, 0.2) is 0 Å². The summed E-state index contributed by atoms with van der Waals surface area (Å²) in [5, 5.41) is 0. The number of carbonyl (C=O) groups is 1. The van der Waals surface area contributed by atoms with E-state index in [1.165, 1.54) is 0 Å². The maximum absolute atomic E-state index is 10.7. The van der Waals surface area contributed by atoms with Crippen LogP contribution in [0.4, 0.5) is 0 Å². The van der Waals surface area contributed by atoms with Crippen LogP contribution in [0.3, 0.4) is 0 Å². The molecular formula is C14H14N2O2. The molecule has 0 radical (unpaired) electrons. The average Bonchev–Trinajstić information content (AvgIpc) is 2.38. The molecule has 4 nitrogen and oxygen atoms in total. The van der Waals surface area contributed by atoms with Gasteiger partial charge in [-0.05, 0) is 23.8 Å². The normalized spacial score (nSPS) is 10.0. The Labute approximate surface area is 105 Å². The Bertz CT molecular complexity index is 509. The van der Waals surface area contributed by atoms with Crippen molar-refractivity contribution in [3.8, 4) is 5.75 Å². The first-order chi connectivity index (χ1) is 8.74. The molecule has 0 spiro atoms. The molecule has 0 atom stereocenters. The highest BCUT2D eigenvalue weighted by Crippen LogP contribution is 2.10. The standard InChI is InChI=1S/C14H14N2O2/c15-14(17)8-11-6-7-12(16-9-11)10-18-13-4-2-1-3-5-13/h1-7,9H,8,10H2,(H2,15,17). The molecule has 1 amide bonds. The van der Waals surface area contributed by atoms with Crippen LogP contribution in [0.5, 0.6) is 5.75 Å². The minimum absolute atomic E-state index is 0.215. The molecule has 2 rings (SSSR count). The molecule has 92 valence electrons.